The van der Waals surface area contributed by atoms with Gasteiger partial charge in [-0.2, -0.15) is 10.4 Å². The molecular formula is C17H9Cl2FN4O. The summed E-state index contributed by atoms with van der Waals surface area (Å²) >= 11 is 12.0. The first-order valence-electron chi connectivity index (χ1n) is 6.99. The Balaban J connectivity index is 1.85. The molecule has 0 aliphatic carbocycles. The molecule has 0 unspecified atom stereocenters. The Hall–Kier alpha value is -2.88. The Kier molecular flexibility index (Phi) is 4.70. The molecule has 25 heavy (non-hydrogen) atoms. The number of benzene rings is 2. The van der Waals surface area contributed by atoms with Gasteiger partial charge in [0.1, 0.15) is 11.9 Å². The average Bonchev–Trinajstić information content (AvgIpc) is 3.06. The highest BCUT2D eigenvalue weighted by molar-refractivity contribution is 6.35. The SMILES string of the molecule is N#Cc1cc(F)ccc1NC(=O)c1cnn(-c2ccc(Cl)cc2Cl)c1. The van der Waals surface area contributed by atoms with Gasteiger partial charge in [-0.1, -0.05) is 23.2 Å². The zero-order valence-corrected chi connectivity index (χ0v) is 14.0. The third-order valence-corrected chi connectivity index (χ3v) is 3.89. The number of carbonyl (C=O) groups excluding carboxylic acids is 1. The molecule has 3 aromatic rings. The summed E-state index contributed by atoms with van der Waals surface area (Å²) in [6, 6.07) is 10.3. The third-order valence-electron chi connectivity index (χ3n) is 3.35. The molecule has 1 N–H and O–H groups in total. The van der Waals surface area contributed by atoms with Crippen LogP contribution in [0.25, 0.3) is 5.69 Å². The van der Waals surface area contributed by atoms with Crippen molar-refractivity contribution in [1.29, 1.82) is 5.26 Å². The van der Waals surface area contributed by atoms with Crippen LogP contribution in [0, 0.1) is 17.1 Å². The van der Waals surface area contributed by atoms with E-state index >= 15 is 0 Å². The van der Waals surface area contributed by atoms with Crippen LogP contribution >= 0.6 is 23.2 Å². The number of hydrogen-bond donors (Lipinski definition) is 1. The Labute approximate surface area is 152 Å². The van der Waals surface area contributed by atoms with Crippen LogP contribution < -0.4 is 5.32 Å². The van der Waals surface area contributed by atoms with Gasteiger partial charge < -0.3 is 5.32 Å². The van der Waals surface area contributed by atoms with Crippen molar-refractivity contribution in [3.05, 3.63) is 75.8 Å². The van der Waals surface area contributed by atoms with Crippen molar-refractivity contribution in [1.82, 2.24) is 9.78 Å². The zero-order valence-electron chi connectivity index (χ0n) is 12.5. The van der Waals surface area contributed by atoms with Crippen LogP contribution in [0.5, 0.6) is 0 Å². The van der Waals surface area contributed by atoms with Crippen LogP contribution in [-0.2, 0) is 0 Å². The molecule has 0 aliphatic heterocycles. The molecule has 0 saturated carbocycles. The molecule has 0 bridgehead atoms. The monoisotopic (exact) mass is 374 g/mol. The van der Waals surface area contributed by atoms with Gasteiger partial charge in [-0.25, -0.2) is 9.07 Å². The van der Waals surface area contributed by atoms with Crippen LogP contribution in [0.1, 0.15) is 15.9 Å². The van der Waals surface area contributed by atoms with Crippen molar-refractivity contribution < 1.29 is 9.18 Å². The van der Waals surface area contributed by atoms with Gasteiger partial charge in [0, 0.05) is 11.2 Å². The lowest BCUT2D eigenvalue weighted by atomic mass is 10.2. The van der Waals surface area contributed by atoms with Crippen molar-refractivity contribution in [2.24, 2.45) is 0 Å². The Bertz CT molecular complexity index is 1010. The minimum Gasteiger partial charge on any atom is -0.321 e. The largest absolute Gasteiger partial charge is 0.321 e. The molecule has 0 spiro atoms. The van der Waals surface area contributed by atoms with Crippen LogP contribution in [0.15, 0.2) is 48.8 Å². The van der Waals surface area contributed by atoms with Gasteiger partial charge in [0.05, 0.1) is 33.7 Å². The average molecular weight is 375 g/mol. The summed E-state index contributed by atoms with van der Waals surface area (Å²) in [5, 5.41) is 16.5. The molecule has 0 radical (unpaired) electrons. The van der Waals surface area contributed by atoms with Crippen molar-refractivity contribution in [2.45, 2.75) is 0 Å². The highest BCUT2D eigenvalue weighted by Gasteiger charge is 2.13. The number of nitrogens with one attached hydrogen (secondary N) is 1. The molecule has 1 amide bonds. The maximum Gasteiger partial charge on any atom is 0.258 e. The summed E-state index contributed by atoms with van der Waals surface area (Å²) in [7, 11) is 0. The van der Waals surface area contributed by atoms with E-state index in [1.165, 1.54) is 23.1 Å². The molecule has 5 nitrogen and oxygen atoms in total. The number of aromatic nitrogens is 2. The normalized spacial score (nSPS) is 10.3. The Morgan fingerprint density at radius 3 is 2.76 bits per heavy atom. The molecule has 3 rings (SSSR count). The second-order valence-corrected chi connectivity index (χ2v) is 5.87. The molecule has 0 fully saturated rings. The third kappa shape index (κ3) is 3.63. The second-order valence-electron chi connectivity index (χ2n) is 5.03. The number of halogens is 3. The predicted molar refractivity (Wildman–Crippen MR) is 92.7 cm³/mol. The Morgan fingerprint density at radius 1 is 1.24 bits per heavy atom. The highest BCUT2D eigenvalue weighted by Crippen LogP contribution is 2.24. The number of nitrogens with zero attached hydrogens (tertiary/aromatic N) is 3. The minimum atomic E-state index is -0.556. The summed E-state index contributed by atoms with van der Waals surface area (Å²) in [6.45, 7) is 0. The van der Waals surface area contributed by atoms with Gasteiger partial charge in [0.2, 0.25) is 0 Å². The number of carbonyl (C=O) groups is 1. The number of rotatable bonds is 3. The van der Waals surface area contributed by atoms with E-state index in [0.717, 1.165) is 12.1 Å². The van der Waals surface area contributed by atoms with E-state index in [1.54, 1.807) is 18.2 Å². The van der Waals surface area contributed by atoms with E-state index in [9.17, 15) is 9.18 Å². The van der Waals surface area contributed by atoms with E-state index in [0.29, 0.717) is 15.7 Å². The van der Waals surface area contributed by atoms with E-state index in [4.69, 9.17) is 28.5 Å². The molecule has 124 valence electrons. The van der Waals surface area contributed by atoms with Gasteiger partial charge in [-0.05, 0) is 36.4 Å². The molecular weight excluding hydrogens is 366 g/mol. The van der Waals surface area contributed by atoms with Crippen LogP contribution in [-0.4, -0.2) is 15.7 Å². The fourth-order valence-electron chi connectivity index (χ4n) is 2.15. The topological polar surface area (TPSA) is 70.7 Å². The summed E-state index contributed by atoms with van der Waals surface area (Å²) in [6.07, 6.45) is 2.84. The van der Waals surface area contributed by atoms with Crippen LogP contribution in [0.2, 0.25) is 10.0 Å². The molecule has 0 aliphatic rings. The maximum absolute atomic E-state index is 13.2. The molecule has 8 heteroatoms. The minimum absolute atomic E-state index is 0.0292. The number of amides is 1. The molecule has 0 saturated heterocycles. The van der Waals surface area contributed by atoms with E-state index in [2.05, 4.69) is 10.4 Å². The molecule has 0 atom stereocenters. The lowest BCUT2D eigenvalue weighted by Crippen LogP contribution is -2.12. The summed E-state index contributed by atoms with van der Waals surface area (Å²) in [4.78, 5) is 12.3. The van der Waals surface area contributed by atoms with Crippen LogP contribution in [0.3, 0.4) is 0 Å². The van der Waals surface area contributed by atoms with E-state index in [1.807, 2.05) is 6.07 Å². The van der Waals surface area contributed by atoms with Gasteiger partial charge in [-0.3, -0.25) is 4.79 Å². The van der Waals surface area contributed by atoms with Gasteiger partial charge in [-0.15, -0.1) is 0 Å². The molecule has 1 aromatic heterocycles. The van der Waals surface area contributed by atoms with Gasteiger partial charge in [0.15, 0.2) is 0 Å². The fraction of sp³-hybridized carbons (Fsp3) is 0. The van der Waals surface area contributed by atoms with E-state index in [-0.39, 0.29) is 16.8 Å². The summed E-state index contributed by atoms with van der Waals surface area (Å²) in [5.74, 6) is -1.04. The second kappa shape index (κ2) is 6.93. The van der Waals surface area contributed by atoms with Crippen molar-refractivity contribution in [3.8, 4) is 11.8 Å². The van der Waals surface area contributed by atoms with Gasteiger partial charge in [0.25, 0.3) is 5.91 Å². The zero-order chi connectivity index (χ0) is 18.0. The summed E-state index contributed by atoms with van der Waals surface area (Å²) in [5.41, 5.74) is 1.05. The molecule has 2 aromatic carbocycles. The highest BCUT2D eigenvalue weighted by atomic mass is 35.5. The van der Waals surface area contributed by atoms with Gasteiger partial charge >= 0.3 is 0 Å². The van der Waals surface area contributed by atoms with Crippen molar-refractivity contribution in [3.63, 3.8) is 0 Å². The van der Waals surface area contributed by atoms with Crippen LogP contribution in [0.4, 0.5) is 10.1 Å². The lowest BCUT2D eigenvalue weighted by Gasteiger charge is -2.06. The summed E-state index contributed by atoms with van der Waals surface area (Å²) < 4.78 is 14.6. The molecule has 1 heterocycles. The number of hydrogen-bond acceptors (Lipinski definition) is 3. The number of anilines is 1. The standard InChI is InChI=1S/C17H9Cl2FN4O/c18-12-1-4-16(14(19)6-12)24-9-11(8-22-24)17(25)23-15-3-2-13(20)5-10(15)7-21/h1-6,8-9H,(H,23,25). The first-order valence-corrected chi connectivity index (χ1v) is 7.74. The van der Waals surface area contributed by atoms with Crippen molar-refractivity contribution in [2.75, 3.05) is 5.32 Å². The Morgan fingerprint density at radius 2 is 2.04 bits per heavy atom. The maximum atomic E-state index is 13.2. The predicted octanol–water partition coefficient (Wildman–Crippen LogP) is 4.44. The first kappa shape index (κ1) is 17.0. The smallest absolute Gasteiger partial charge is 0.258 e. The lowest BCUT2D eigenvalue weighted by molar-refractivity contribution is 0.102. The fourth-order valence-corrected chi connectivity index (χ4v) is 2.65. The number of nitriles is 1. The first-order chi connectivity index (χ1) is 12.0. The van der Waals surface area contributed by atoms with Crippen molar-refractivity contribution >= 4 is 34.8 Å². The quantitative estimate of drug-likeness (QED) is 0.736. The van der Waals surface area contributed by atoms with E-state index < -0.39 is 11.7 Å².